The van der Waals surface area contributed by atoms with E-state index in [1.165, 1.54) is 24.3 Å². The van der Waals surface area contributed by atoms with E-state index in [-0.39, 0.29) is 17.8 Å². The third-order valence-corrected chi connectivity index (χ3v) is 5.66. The Balaban J connectivity index is 2.04. The summed E-state index contributed by atoms with van der Waals surface area (Å²) in [6.07, 6.45) is -1.35. The predicted molar refractivity (Wildman–Crippen MR) is 99.3 cm³/mol. The number of aliphatic hydroxyl groups excluding tert-OH is 2. The molecular weight excluding hydrogens is 366 g/mol. The molecule has 1 aromatic rings. The molecule has 0 spiro atoms. The van der Waals surface area contributed by atoms with Gasteiger partial charge >= 0.3 is 0 Å². The highest BCUT2D eigenvalue weighted by Gasteiger charge is 2.49. The molecule has 0 bridgehead atoms. The van der Waals surface area contributed by atoms with E-state index in [9.17, 15) is 29.9 Å². The third kappa shape index (κ3) is 3.85. The zero-order valence-corrected chi connectivity index (χ0v) is 15.7. The first kappa shape index (κ1) is 20.2. The fourth-order valence-electron chi connectivity index (χ4n) is 4.42. The summed E-state index contributed by atoms with van der Waals surface area (Å²) in [5.74, 6) is -3.50. The Labute approximate surface area is 162 Å². The molecule has 0 aliphatic carbocycles. The summed E-state index contributed by atoms with van der Waals surface area (Å²) in [6.45, 7) is 3.56. The van der Waals surface area contributed by atoms with Gasteiger partial charge in [-0.15, -0.1) is 0 Å². The molecule has 2 aliphatic heterocycles. The number of carbonyl (C=O) groups excluding carboxylic acids is 2. The summed E-state index contributed by atoms with van der Waals surface area (Å²) in [5, 5.41) is 37.9. The van der Waals surface area contributed by atoms with Crippen LogP contribution in [0.4, 0.5) is 5.69 Å². The molecule has 9 nitrogen and oxygen atoms in total. The minimum absolute atomic E-state index is 0.118. The molecule has 2 heterocycles. The molecule has 0 saturated carbocycles. The first-order valence-corrected chi connectivity index (χ1v) is 9.40. The summed E-state index contributed by atoms with van der Waals surface area (Å²) in [6, 6.07) is 5.15. The van der Waals surface area contributed by atoms with Gasteiger partial charge in [0.25, 0.3) is 5.69 Å². The van der Waals surface area contributed by atoms with Gasteiger partial charge in [0.2, 0.25) is 11.8 Å². The van der Waals surface area contributed by atoms with Crippen molar-refractivity contribution in [2.75, 3.05) is 0 Å². The number of amides is 2. The molecule has 2 fully saturated rings. The molecule has 1 aromatic carbocycles. The second-order valence-corrected chi connectivity index (χ2v) is 7.85. The van der Waals surface area contributed by atoms with Gasteiger partial charge in [-0.2, -0.15) is 0 Å². The summed E-state index contributed by atoms with van der Waals surface area (Å²) in [7, 11) is 0. The number of rotatable bonds is 4. The minimum Gasteiger partial charge on any atom is -0.392 e. The van der Waals surface area contributed by atoms with Crippen molar-refractivity contribution in [1.82, 2.24) is 10.6 Å². The van der Waals surface area contributed by atoms with Crippen LogP contribution in [0, 0.1) is 22.0 Å². The van der Waals surface area contributed by atoms with Crippen LogP contribution < -0.4 is 10.6 Å². The largest absolute Gasteiger partial charge is 0.392 e. The minimum atomic E-state index is -0.997. The van der Waals surface area contributed by atoms with Gasteiger partial charge in [-0.25, -0.2) is 0 Å². The fourth-order valence-corrected chi connectivity index (χ4v) is 4.42. The SMILES string of the molecule is CC1CC(O)C(C(c2ccc([N+](=O)[O-])cc2)C2C(=O)NC(C)CC2O)C(=O)N1. The molecule has 2 saturated heterocycles. The van der Waals surface area contributed by atoms with Crippen molar-refractivity contribution in [3.63, 3.8) is 0 Å². The van der Waals surface area contributed by atoms with E-state index in [0.29, 0.717) is 18.4 Å². The smallest absolute Gasteiger partial charge is 0.269 e. The average molecular weight is 391 g/mol. The van der Waals surface area contributed by atoms with Gasteiger partial charge in [-0.05, 0) is 32.3 Å². The van der Waals surface area contributed by atoms with Crippen LogP contribution in [0.25, 0.3) is 0 Å². The molecular formula is C19H25N3O6. The molecule has 152 valence electrons. The molecule has 0 aromatic heterocycles. The number of carbonyl (C=O) groups is 2. The van der Waals surface area contributed by atoms with Crippen LogP contribution >= 0.6 is 0 Å². The predicted octanol–water partition coefficient (Wildman–Crippen LogP) is 0.449. The number of aliphatic hydroxyl groups is 2. The van der Waals surface area contributed by atoms with Gasteiger partial charge < -0.3 is 20.8 Å². The number of non-ortho nitro benzene ring substituents is 1. The van der Waals surface area contributed by atoms with Gasteiger partial charge in [0.1, 0.15) is 0 Å². The lowest BCUT2D eigenvalue weighted by Crippen LogP contribution is -2.58. The Morgan fingerprint density at radius 3 is 1.75 bits per heavy atom. The number of nitrogens with one attached hydrogen (secondary N) is 2. The molecule has 3 rings (SSSR count). The first-order chi connectivity index (χ1) is 13.2. The number of hydrogen-bond acceptors (Lipinski definition) is 6. The normalized spacial score (nSPS) is 34.3. The lowest BCUT2D eigenvalue weighted by molar-refractivity contribution is -0.384. The number of hydrogen-bond donors (Lipinski definition) is 4. The molecule has 2 aliphatic rings. The van der Waals surface area contributed by atoms with Gasteiger partial charge in [-0.3, -0.25) is 19.7 Å². The molecule has 6 atom stereocenters. The number of nitrogens with zero attached hydrogens (tertiary/aromatic N) is 1. The number of nitro benzene ring substituents is 1. The van der Waals surface area contributed by atoms with Crippen LogP contribution in [0.15, 0.2) is 24.3 Å². The van der Waals surface area contributed by atoms with Crippen LogP contribution in [0.5, 0.6) is 0 Å². The molecule has 2 amide bonds. The van der Waals surface area contributed by atoms with Crippen molar-refractivity contribution in [1.29, 1.82) is 0 Å². The number of benzene rings is 1. The second-order valence-electron chi connectivity index (χ2n) is 7.85. The Hall–Kier alpha value is -2.52. The van der Waals surface area contributed by atoms with Crippen molar-refractivity contribution >= 4 is 17.5 Å². The van der Waals surface area contributed by atoms with Gasteiger partial charge in [0, 0.05) is 30.1 Å². The van der Waals surface area contributed by atoms with Crippen molar-refractivity contribution in [2.45, 2.75) is 56.9 Å². The Morgan fingerprint density at radius 2 is 1.39 bits per heavy atom. The third-order valence-electron chi connectivity index (χ3n) is 5.66. The highest BCUT2D eigenvalue weighted by molar-refractivity contribution is 5.86. The Bertz CT molecular complexity index is 731. The lowest BCUT2D eigenvalue weighted by atomic mass is 9.68. The van der Waals surface area contributed by atoms with Crippen molar-refractivity contribution < 1.29 is 24.7 Å². The van der Waals surface area contributed by atoms with Gasteiger partial charge in [0.05, 0.1) is 29.0 Å². The fraction of sp³-hybridized carbons (Fsp3) is 0.579. The van der Waals surface area contributed by atoms with E-state index < -0.39 is 46.7 Å². The lowest BCUT2D eigenvalue weighted by Gasteiger charge is -2.43. The molecule has 4 N–H and O–H groups in total. The number of piperidine rings is 2. The highest BCUT2D eigenvalue weighted by atomic mass is 16.6. The van der Waals surface area contributed by atoms with E-state index in [1.807, 2.05) is 0 Å². The second kappa shape index (κ2) is 7.84. The van der Waals surface area contributed by atoms with Gasteiger partial charge in [0.15, 0.2) is 0 Å². The standard InChI is InChI=1S/C19H25N3O6/c1-9-7-13(23)16(18(25)20-9)15(11-3-5-12(6-4-11)22(27)28)17-14(24)8-10(2)21-19(17)26/h3-6,9-10,13-17,23-24H,7-8H2,1-2H3,(H,20,25)(H,21,26). The van der Waals surface area contributed by atoms with Crippen LogP contribution in [-0.4, -0.2) is 51.2 Å². The monoisotopic (exact) mass is 391 g/mol. The van der Waals surface area contributed by atoms with E-state index in [4.69, 9.17) is 0 Å². The first-order valence-electron chi connectivity index (χ1n) is 9.40. The Morgan fingerprint density at radius 1 is 0.964 bits per heavy atom. The maximum absolute atomic E-state index is 12.7. The average Bonchev–Trinajstić information content (AvgIpc) is 2.58. The maximum Gasteiger partial charge on any atom is 0.269 e. The zero-order chi connectivity index (χ0) is 20.6. The molecule has 6 unspecified atom stereocenters. The zero-order valence-electron chi connectivity index (χ0n) is 15.7. The maximum atomic E-state index is 12.7. The van der Waals surface area contributed by atoms with Crippen molar-refractivity contribution in [3.05, 3.63) is 39.9 Å². The van der Waals surface area contributed by atoms with Crippen LogP contribution in [-0.2, 0) is 9.59 Å². The van der Waals surface area contributed by atoms with E-state index in [2.05, 4.69) is 10.6 Å². The number of nitro groups is 1. The van der Waals surface area contributed by atoms with Crippen LogP contribution in [0.1, 0.15) is 38.2 Å². The van der Waals surface area contributed by atoms with Crippen molar-refractivity contribution in [3.8, 4) is 0 Å². The Kier molecular flexibility index (Phi) is 5.66. The summed E-state index contributed by atoms with van der Waals surface area (Å²) < 4.78 is 0. The summed E-state index contributed by atoms with van der Waals surface area (Å²) in [5.41, 5.74) is 0.375. The quantitative estimate of drug-likeness (QED) is 0.434. The molecule has 0 radical (unpaired) electrons. The van der Waals surface area contributed by atoms with Crippen molar-refractivity contribution in [2.24, 2.45) is 11.8 Å². The van der Waals surface area contributed by atoms with E-state index in [1.54, 1.807) is 13.8 Å². The van der Waals surface area contributed by atoms with Crippen LogP contribution in [0.2, 0.25) is 0 Å². The topological polar surface area (TPSA) is 142 Å². The van der Waals surface area contributed by atoms with Crippen LogP contribution in [0.3, 0.4) is 0 Å². The summed E-state index contributed by atoms with van der Waals surface area (Å²) in [4.78, 5) is 35.9. The molecule has 9 heteroatoms. The highest BCUT2D eigenvalue weighted by Crippen LogP contribution is 2.41. The van der Waals surface area contributed by atoms with E-state index >= 15 is 0 Å². The molecule has 28 heavy (non-hydrogen) atoms. The summed E-state index contributed by atoms with van der Waals surface area (Å²) >= 11 is 0. The van der Waals surface area contributed by atoms with Gasteiger partial charge in [-0.1, -0.05) is 12.1 Å². The van der Waals surface area contributed by atoms with E-state index in [0.717, 1.165) is 0 Å².